The summed E-state index contributed by atoms with van der Waals surface area (Å²) in [5.74, 6) is 7.58. The molecule has 0 aliphatic rings. The highest BCUT2D eigenvalue weighted by molar-refractivity contribution is 7.98. The van der Waals surface area contributed by atoms with Gasteiger partial charge in [-0.1, -0.05) is 68.4 Å². The van der Waals surface area contributed by atoms with Crippen molar-refractivity contribution in [2.24, 2.45) is 0 Å². The van der Waals surface area contributed by atoms with Crippen molar-refractivity contribution in [1.82, 2.24) is 14.9 Å². The van der Waals surface area contributed by atoms with Crippen LogP contribution in [0.1, 0.15) is 31.9 Å². The molecule has 0 aliphatic heterocycles. The van der Waals surface area contributed by atoms with Gasteiger partial charge >= 0.3 is 0 Å². The Morgan fingerprint density at radius 3 is 2.24 bits per heavy atom. The average molecular weight is 373 g/mol. The van der Waals surface area contributed by atoms with Crippen LogP contribution in [0.25, 0.3) is 11.4 Å². The molecule has 3 aromatic rings. The van der Waals surface area contributed by atoms with Crippen LogP contribution in [-0.4, -0.2) is 14.9 Å². The van der Waals surface area contributed by atoms with E-state index >= 15 is 0 Å². The monoisotopic (exact) mass is 372 g/mol. The molecule has 0 fully saturated rings. The summed E-state index contributed by atoms with van der Waals surface area (Å²) >= 11 is 7.49. The lowest BCUT2D eigenvalue weighted by Gasteiger charge is -2.19. The van der Waals surface area contributed by atoms with Gasteiger partial charge in [0.05, 0.1) is 0 Å². The zero-order chi connectivity index (χ0) is 18.0. The molecule has 3 rings (SSSR count). The minimum atomic E-state index is 0.163. The van der Waals surface area contributed by atoms with E-state index in [1.807, 2.05) is 24.3 Å². The van der Waals surface area contributed by atoms with Gasteiger partial charge in [-0.25, -0.2) is 4.68 Å². The molecule has 0 atom stereocenters. The third kappa shape index (κ3) is 4.17. The molecule has 25 heavy (non-hydrogen) atoms. The fraction of sp³-hybridized carbons (Fsp3) is 0.263. The van der Waals surface area contributed by atoms with Crippen molar-refractivity contribution in [2.45, 2.75) is 37.1 Å². The van der Waals surface area contributed by atoms with Gasteiger partial charge in [-0.15, -0.1) is 10.2 Å². The van der Waals surface area contributed by atoms with Crippen molar-refractivity contribution < 1.29 is 0 Å². The Hall–Kier alpha value is -1.98. The SMILES string of the molecule is CC(C)(C)c1ccc(CSc2nnc(-c3ccc(Cl)cc3)n2N)cc1. The highest BCUT2D eigenvalue weighted by atomic mass is 35.5. The number of nitrogens with two attached hydrogens (primary N) is 1. The fourth-order valence-corrected chi connectivity index (χ4v) is 3.36. The number of hydrogen-bond acceptors (Lipinski definition) is 4. The molecular weight excluding hydrogens is 352 g/mol. The maximum Gasteiger partial charge on any atom is 0.210 e. The summed E-state index contributed by atoms with van der Waals surface area (Å²) in [7, 11) is 0. The van der Waals surface area contributed by atoms with E-state index in [1.165, 1.54) is 15.8 Å². The van der Waals surface area contributed by atoms with E-state index in [2.05, 4.69) is 55.2 Å². The molecular formula is C19H21ClN4S. The summed E-state index contributed by atoms with van der Waals surface area (Å²) < 4.78 is 1.53. The number of benzene rings is 2. The lowest BCUT2D eigenvalue weighted by molar-refractivity contribution is 0.590. The molecule has 0 amide bonds. The number of rotatable bonds is 4. The predicted octanol–water partition coefficient (Wildman–Crippen LogP) is 4.90. The number of nitrogen functional groups attached to an aromatic ring is 1. The Kier molecular flexibility index (Phi) is 5.06. The number of halogens is 1. The van der Waals surface area contributed by atoms with E-state index in [9.17, 15) is 0 Å². The van der Waals surface area contributed by atoms with Crippen molar-refractivity contribution in [3.05, 3.63) is 64.7 Å². The molecule has 4 nitrogen and oxygen atoms in total. The molecule has 1 aromatic heterocycles. The molecule has 130 valence electrons. The molecule has 0 bridgehead atoms. The van der Waals surface area contributed by atoms with Crippen LogP contribution in [0.5, 0.6) is 0 Å². The maximum absolute atomic E-state index is 6.16. The largest absolute Gasteiger partial charge is 0.335 e. The second-order valence-electron chi connectivity index (χ2n) is 6.92. The number of hydrogen-bond donors (Lipinski definition) is 1. The second-order valence-corrected chi connectivity index (χ2v) is 8.30. The van der Waals surface area contributed by atoms with Crippen molar-refractivity contribution in [2.75, 3.05) is 5.84 Å². The molecule has 0 radical (unpaired) electrons. The smallest absolute Gasteiger partial charge is 0.210 e. The van der Waals surface area contributed by atoms with Crippen LogP contribution in [-0.2, 0) is 11.2 Å². The first-order valence-electron chi connectivity index (χ1n) is 8.03. The Labute approximate surface area is 157 Å². The zero-order valence-electron chi connectivity index (χ0n) is 14.5. The molecule has 1 heterocycles. The van der Waals surface area contributed by atoms with Gasteiger partial charge < -0.3 is 5.84 Å². The van der Waals surface area contributed by atoms with E-state index in [-0.39, 0.29) is 5.41 Å². The molecule has 0 spiro atoms. The Morgan fingerprint density at radius 1 is 1.00 bits per heavy atom. The summed E-state index contributed by atoms with van der Waals surface area (Å²) in [6.45, 7) is 6.64. The first kappa shape index (κ1) is 17.8. The summed E-state index contributed by atoms with van der Waals surface area (Å²) in [6.07, 6.45) is 0. The Morgan fingerprint density at radius 2 is 1.64 bits per heavy atom. The average Bonchev–Trinajstić information content (AvgIpc) is 2.94. The minimum absolute atomic E-state index is 0.163. The van der Waals surface area contributed by atoms with Gasteiger partial charge in [-0.3, -0.25) is 0 Å². The van der Waals surface area contributed by atoms with Crippen LogP contribution in [0.2, 0.25) is 5.02 Å². The summed E-state index contributed by atoms with van der Waals surface area (Å²) in [5, 5.41) is 9.77. The van der Waals surface area contributed by atoms with E-state index in [4.69, 9.17) is 17.4 Å². The first-order valence-corrected chi connectivity index (χ1v) is 9.39. The number of nitrogens with zero attached hydrogens (tertiary/aromatic N) is 3. The topological polar surface area (TPSA) is 56.7 Å². The van der Waals surface area contributed by atoms with E-state index in [0.29, 0.717) is 16.0 Å². The van der Waals surface area contributed by atoms with Crippen LogP contribution in [0, 0.1) is 0 Å². The van der Waals surface area contributed by atoms with Crippen molar-refractivity contribution in [1.29, 1.82) is 0 Å². The lowest BCUT2D eigenvalue weighted by atomic mass is 9.87. The Bertz CT molecular complexity index is 849. The van der Waals surface area contributed by atoms with Crippen LogP contribution >= 0.6 is 23.4 Å². The van der Waals surface area contributed by atoms with E-state index in [0.717, 1.165) is 11.3 Å². The third-order valence-corrected chi connectivity index (χ3v) is 5.22. The Balaban J connectivity index is 1.71. The highest BCUT2D eigenvalue weighted by Crippen LogP contribution is 2.27. The third-order valence-electron chi connectivity index (χ3n) is 3.95. The standard InChI is InChI=1S/C19H21ClN4S/c1-19(2,3)15-8-4-13(5-9-15)12-25-18-23-22-17(24(18)21)14-6-10-16(20)11-7-14/h4-11H,12,21H2,1-3H3. The number of thioether (sulfide) groups is 1. The van der Waals surface area contributed by atoms with Gasteiger partial charge in [0.2, 0.25) is 5.16 Å². The quantitative estimate of drug-likeness (QED) is 0.522. The molecule has 6 heteroatoms. The second kappa shape index (κ2) is 7.10. The van der Waals surface area contributed by atoms with Gasteiger partial charge in [0.1, 0.15) is 0 Å². The van der Waals surface area contributed by atoms with Crippen LogP contribution in [0.3, 0.4) is 0 Å². The summed E-state index contributed by atoms with van der Waals surface area (Å²) in [4.78, 5) is 0. The van der Waals surface area contributed by atoms with Gasteiger partial charge in [0.15, 0.2) is 5.82 Å². The van der Waals surface area contributed by atoms with Gasteiger partial charge in [0, 0.05) is 16.3 Å². The van der Waals surface area contributed by atoms with Gasteiger partial charge in [-0.2, -0.15) is 0 Å². The van der Waals surface area contributed by atoms with E-state index in [1.54, 1.807) is 11.8 Å². The molecule has 0 saturated carbocycles. The number of aromatic nitrogens is 3. The highest BCUT2D eigenvalue weighted by Gasteiger charge is 2.14. The normalized spacial score (nSPS) is 11.7. The van der Waals surface area contributed by atoms with Crippen molar-refractivity contribution in [3.63, 3.8) is 0 Å². The van der Waals surface area contributed by atoms with Gasteiger partial charge in [0.25, 0.3) is 0 Å². The summed E-state index contributed by atoms with van der Waals surface area (Å²) in [6, 6.07) is 16.1. The van der Waals surface area contributed by atoms with Crippen molar-refractivity contribution in [3.8, 4) is 11.4 Å². The minimum Gasteiger partial charge on any atom is -0.335 e. The molecule has 0 saturated heterocycles. The predicted molar refractivity (Wildman–Crippen MR) is 105 cm³/mol. The molecule has 0 aliphatic carbocycles. The van der Waals surface area contributed by atoms with Crippen LogP contribution in [0.4, 0.5) is 0 Å². The van der Waals surface area contributed by atoms with Crippen LogP contribution < -0.4 is 5.84 Å². The first-order chi connectivity index (χ1) is 11.8. The van der Waals surface area contributed by atoms with E-state index < -0.39 is 0 Å². The van der Waals surface area contributed by atoms with Gasteiger partial charge in [-0.05, 0) is 40.8 Å². The van der Waals surface area contributed by atoms with Crippen molar-refractivity contribution >= 4 is 23.4 Å². The molecule has 2 aromatic carbocycles. The maximum atomic E-state index is 6.16. The fourth-order valence-electron chi connectivity index (χ4n) is 2.42. The molecule has 0 unspecified atom stereocenters. The molecule has 2 N–H and O–H groups in total. The lowest BCUT2D eigenvalue weighted by Crippen LogP contribution is -2.11. The van der Waals surface area contributed by atoms with Crippen LogP contribution in [0.15, 0.2) is 53.7 Å². The summed E-state index contributed by atoms with van der Waals surface area (Å²) in [5.41, 5.74) is 3.61. The zero-order valence-corrected chi connectivity index (χ0v) is 16.1.